The topological polar surface area (TPSA) is 92.7 Å². The van der Waals surface area contributed by atoms with E-state index in [4.69, 9.17) is 9.84 Å². The Morgan fingerprint density at radius 2 is 2.19 bits per heavy atom. The van der Waals surface area contributed by atoms with Gasteiger partial charge in [0.25, 0.3) is 0 Å². The van der Waals surface area contributed by atoms with Crippen LogP contribution in [0.15, 0.2) is 29.2 Å². The highest BCUT2D eigenvalue weighted by Crippen LogP contribution is 2.17. The minimum atomic E-state index is -4.01. The van der Waals surface area contributed by atoms with Crippen molar-refractivity contribution < 1.29 is 27.4 Å². The third-order valence-corrected chi connectivity index (χ3v) is 4.06. The second-order valence-electron chi connectivity index (χ2n) is 4.34. The number of hydrogen-bond donors (Lipinski definition) is 2. The molecule has 6 nitrogen and oxygen atoms in total. The van der Waals surface area contributed by atoms with Crippen LogP contribution in [0.2, 0.25) is 0 Å². The van der Waals surface area contributed by atoms with E-state index in [1.54, 1.807) is 6.92 Å². The SMILES string of the molecule is COCC(C)NS(=O)(=O)c1ccc(/C=C/C(=O)O)cc1F. The largest absolute Gasteiger partial charge is 0.478 e. The quantitative estimate of drug-likeness (QED) is 0.738. The Kier molecular flexibility index (Phi) is 6.01. The highest BCUT2D eigenvalue weighted by atomic mass is 32.2. The van der Waals surface area contributed by atoms with Crippen LogP contribution in [0.25, 0.3) is 6.08 Å². The summed E-state index contributed by atoms with van der Waals surface area (Å²) in [5.41, 5.74) is 0.249. The molecule has 0 aliphatic carbocycles. The maximum atomic E-state index is 13.9. The van der Waals surface area contributed by atoms with Crippen LogP contribution in [0.5, 0.6) is 0 Å². The first-order chi connectivity index (χ1) is 9.76. The van der Waals surface area contributed by atoms with Crippen molar-refractivity contribution in [3.8, 4) is 0 Å². The van der Waals surface area contributed by atoms with Crippen molar-refractivity contribution in [1.82, 2.24) is 4.72 Å². The minimum Gasteiger partial charge on any atom is -0.478 e. The summed E-state index contributed by atoms with van der Waals surface area (Å²) in [4.78, 5) is 9.87. The van der Waals surface area contributed by atoms with E-state index >= 15 is 0 Å². The Morgan fingerprint density at radius 3 is 2.71 bits per heavy atom. The number of halogens is 1. The van der Waals surface area contributed by atoms with Gasteiger partial charge in [0.15, 0.2) is 0 Å². The maximum absolute atomic E-state index is 13.9. The first kappa shape index (κ1) is 17.3. The molecular weight excluding hydrogens is 301 g/mol. The molecule has 0 radical (unpaired) electrons. The first-order valence-electron chi connectivity index (χ1n) is 5.98. The van der Waals surface area contributed by atoms with E-state index < -0.39 is 32.7 Å². The normalized spacial score (nSPS) is 13.5. The average Bonchev–Trinajstić information content (AvgIpc) is 2.35. The summed E-state index contributed by atoms with van der Waals surface area (Å²) in [6, 6.07) is 2.84. The molecular formula is C13H16FNO5S. The maximum Gasteiger partial charge on any atom is 0.328 e. The lowest BCUT2D eigenvalue weighted by Gasteiger charge is -2.13. The molecule has 0 bridgehead atoms. The standard InChI is InChI=1S/C13H16FNO5S/c1-9(8-20-2)15-21(18,19)12-5-3-10(7-11(12)14)4-6-13(16)17/h3-7,9,15H,8H2,1-2H3,(H,16,17)/b6-4+. The lowest BCUT2D eigenvalue weighted by Crippen LogP contribution is -2.36. The van der Waals surface area contributed by atoms with E-state index in [1.165, 1.54) is 19.3 Å². The van der Waals surface area contributed by atoms with Crippen molar-refractivity contribution in [1.29, 1.82) is 0 Å². The van der Waals surface area contributed by atoms with Crippen LogP contribution in [0, 0.1) is 5.82 Å². The first-order valence-corrected chi connectivity index (χ1v) is 7.46. The molecule has 21 heavy (non-hydrogen) atoms. The predicted octanol–water partition coefficient (Wildman–Crippen LogP) is 1.24. The van der Waals surface area contributed by atoms with Crippen molar-refractivity contribution in [2.45, 2.75) is 17.9 Å². The molecule has 2 N–H and O–H groups in total. The number of aliphatic carboxylic acids is 1. The van der Waals surface area contributed by atoms with Gasteiger partial charge in [-0.2, -0.15) is 0 Å². The van der Waals surface area contributed by atoms with Gasteiger partial charge in [-0.25, -0.2) is 22.3 Å². The summed E-state index contributed by atoms with van der Waals surface area (Å²) in [6.07, 6.45) is 2.00. The Hall–Kier alpha value is -1.77. The number of rotatable bonds is 7. The van der Waals surface area contributed by atoms with Gasteiger partial charge in [0.1, 0.15) is 10.7 Å². The number of carboxylic acids is 1. The third kappa shape index (κ3) is 5.25. The molecule has 0 aromatic heterocycles. The summed E-state index contributed by atoms with van der Waals surface area (Å²) < 4.78 is 45.0. The Labute approximate surface area is 122 Å². The van der Waals surface area contributed by atoms with Crippen LogP contribution in [-0.2, 0) is 19.6 Å². The number of nitrogens with one attached hydrogen (secondary N) is 1. The number of hydrogen-bond acceptors (Lipinski definition) is 4. The van der Waals surface area contributed by atoms with Crippen LogP contribution in [0.3, 0.4) is 0 Å². The van der Waals surface area contributed by atoms with E-state index in [1.807, 2.05) is 0 Å². The zero-order valence-corrected chi connectivity index (χ0v) is 12.4. The monoisotopic (exact) mass is 317 g/mol. The summed E-state index contributed by atoms with van der Waals surface area (Å²) >= 11 is 0. The molecule has 1 rings (SSSR count). The Bertz CT molecular complexity index is 642. The summed E-state index contributed by atoms with van der Waals surface area (Å²) in [7, 11) is -2.58. The molecule has 1 aromatic carbocycles. The smallest absolute Gasteiger partial charge is 0.328 e. The molecule has 0 fully saturated rings. The summed E-state index contributed by atoms with van der Waals surface area (Å²) in [6.45, 7) is 1.74. The fourth-order valence-electron chi connectivity index (χ4n) is 1.62. The van der Waals surface area contributed by atoms with Crippen molar-refractivity contribution >= 4 is 22.1 Å². The second kappa shape index (κ2) is 7.30. The molecule has 8 heteroatoms. The van der Waals surface area contributed by atoms with Gasteiger partial charge in [0.05, 0.1) is 6.61 Å². The Balaban J connectivity index is 3.01. The molecule has 0 saturated heterocycles. The molecule has 116 valence electrons. The molecule has 0 heterocycles. The van der Waals surface area contributed by atoms with E-state index in [0.29, 0.717) is 0 Å². The molecule has 0 amide bonds. The molecule has 1 unspecified atom stereocenters. The number of carboxylic acid groups (broad SMARTS) is 1. The summed E-state index contributed by atoms with van der Waals surface area (Å²) in [5.74, 6) is -2.14. The van der Waals surface area contributed by atoms with Crippen LogP contribution >= 0.6 is 0 Å². The highest BCUT2D eigenvalue weighted by Gasteiger charge is 2.21. The average molecular weight is 317 g/mol. The van der Waals surface area contributed by atoms with Gasteiger partial charge in [0.2, 0.25) is 10.0 Å². The van der Waals surface area contributed by atoms with Crippen molar-refractivity contribution in [3.05, 3.63) is 35.7 Å². The zero-order valence-electron chi connectivity index (χ0n) is 11.5. The molecule has 1 aromatic rings. The van der Waals surface area contributed by atoms with Gasteiger partial charge in [-0.3, -0.25) is 0 Å². The number of sulfonamides is 1. The zero-order chi connectivity index (χ0) is 16.0. The molecule has 0 saturated carbocycles. The number of benzene rings is 1. The van der Waals surface area contributed by atoms with Crippen molar-refractivity contribution in [3.63, 3.8) is 0 Å². The van der Waals surface area contributed by atoms with E-state index in [-0.39, 0.29) is 12.2 Å². The minimum absolute atomic E-state index is 0.153. The number of methoxy groups -OCH3 is 1. The number of ether oxygens (including phenoxy) is 1. The lowest BCUT2D eigenvalue weighted by atomic mass is 10.2. The van der Waals surface area contributed by atoms with Gasteiger partial charge < -0.3 is 9.84 Å². The van der Waals surface area contributed by atoms with Crippen molar-refractivity contribution in [2.75, 3.05) is 13.7 Å². The number of carbonyl (C=O) groups is 1. The summed E-state index contributed by atoms with van der Waals surface area (Å²) in [5, 5.41) is 8.48. The third-order valence-electron chi connectivity index (χ3n) is 2.44. The van der Waals surface area contributed by atoms with Gasteiger partial charge >= 0.3 is 5.97 Å². The van der Waals surface area contributed by atoms with Crippen molar-refractivity contribution in [2.24, 2.45) is 0 Å². The fraction of sp³-hybridized carbons (Fsp3) is 0.308. The van der Waals surface area contributed by atoms with Gasteiger partial charge in [-0.15, -0.1) is 0 Å². The predicted molar refractivity (Wildman–Crippen MR) is 74.7 cm³/mol. The van der Waals surface area contributed by atoms with Crippen LogP contribution in [-0.4, -0.2) is 39.3 Å². The fourth-order valence-corrected chi connectivity index (χ4v) is 2.91. The lowest BCUT2D eigenvalue weighted by molar-refractivity contribution is -0.131. The van der Waals surface area contributed by atoms with Gasteiger partial charge in [-0.05, 0) is 30.7 Å². The molecule has 0 aliphatic rings. The van der Waals surface area contributed by atoms with Crippen LogP contribution < -0.4 is 4.72 Å². The highest BCUT2D eigenvalue weighted by molar-refractivity contribution is 7.89. The van der Waals surface area contributed by atoms with Crippen LogP contribution in [0.1, 0.15) is 12.5 Å². The van der Waals surface area contributed by atoms with E-state index in [0.717, 1.165) is 18.2 Å². The molecule has 0 aliphatic heterocycles. The van der Waals surface area contributed by atoms with Gasteiger partial charge in [0, 0.05) is 19.2 Å². The molecule has 1 atom stereocenters. The molecule has 0 spiro atoms. The second-order valence-corrected chi connectivity index (χ2v) is 6.02. The van der Waals surface area contributed by atoms with E-state index in [9.17, 15) is 17.6 Å². The van der Waals surface area contributed by atoms with Crippen LogP contribution in [0.4, 0.5) is 4.39 Å². The van der Waals surface area contributed by atoms with Gasteiger partial charge in [-0.1, -0.05) is 6.07 Å². The van der Waals surface area contributed by atoms with E-state index in [2.05, 4.69) is 4.72 Å². The Morgan fingerprint density at radius 1 is 1.52 bits per heavy atom.